The minimum absolute atomic E-state index is 0.00382. The molecular weight excluding hydrogens is 340 g/mol. The van der Waals surface area contributed by atoms with Crippen molar-refractivity contribution in [2.75, 3.05) is 7.11 Å². The van der Waals surface area contributed by atoms with Crippen LogP contribution in [0.2, 0.25) is 0 Å². The fraction of sp³-hybridized carbons (Fsp3) is 0.0870. The zero-order chi connectivity index (χ0) is 19.1. The predicted octanol–water partition coefficient (Wildman–Crippen LogP) is 4.88. The molecule has 0 spiro atoms. The molecule has 136 valence electrons. The molecule has 27 heavy (non-hydrogen) atoms. The summed E-state index contributed by atoms with van der Waals surface area (Å²) in [6, 6.07) is 22.0. The van der Waals surface area contributed by atoms with E-state index in [1.807, 2.05) is 54.6 Å². The van der Waals surface area contributed by atoms with Crippen LogP contribution in [0.25, 0.3) is 6.08 Å². The molecule has 1 N–H and O–H groups in total. The van der Waals surface area contributed by atoms with Crippen LogP contribution < -0.4 is 9.47 Å². The van der Waals surface area contributed by atoms with Crippen molar-refractivity contribution in [1.82, 2.24) is 0 Å². The van der Waals surface area contributed by atoms with E-state index in [1.165, 1.54) is 25.3 Å². The molecule has 0 saturated heterocycles. The van der Waals surface area contributed by atoms with Crippen molar-refractivity contribution >= 4 is 11.9 Å². The average Bonchev–Trinajstić information content (AvgIpc) is 2.72. The molecule has 0 aliphatic rings. The summed E-state index contributed by atoms with van der Waals surface area (Å²) in [6.07, 6.45) is 3.23. The van der Waals surface area contributed by atoms with Gasteiger partial charge >= 0.3 is 0 Å². The van der Waals surface area contributed by atoms with Crippen molar-refractivity contribution in [3.05, 3.63) is 95.6 Å². The number of ether oxygens (including phenoxy) is 2. The van der Waals surface area contributed by atoms with Crippen LogP contribution >= 0.6 is 0 Å². The van der Waals surface area contributed by atoms with Crippen LogP contribution in [-0.2, 0) is 6.61 Å². The first kappa shape index (κ1) is 18.3. The Labute approximate surface area is 158 Å². The van der Waals surface area contributed by atoms with E-state index in [9.17, 15) is 9.90 Å². The zero-order valence-electron chi connectivity index (χ0n) is 15.0. The fourth-order valence-electron chi connectivity index (χ4n) is 2.52. The molecule has 0 radical (unpaired) electrons. The Hall–Kier alpha value is -3.53. The predicted molar refractivity (Wildman–Crippen MR) is 105 cm³/mol. The lowest BCUT2D eigenvalue weighted by Gasteiger charge is -2.06. The summed E-state index contributed by atoms with van der Waals surface area (Å²) in [5.41, 5.74) is 2.45. The first-order chi connectivity index (χ1) is 13.2. The standard InChI is InChI=1S/C23H20O4/c1-26-23-15-19(10-14-22(23)25)21(24)13-9-17-7-11-20(12-8-17)27-16-18-5-3-2-4-6-18/h2-15,25H,16H2,1H3/b13-9+. The number of allylic oxidation sites excluding steroid dienone is 1. The lowest BCUT2D eigenvalue weighted by Crippen LogP contribution is -1.96. The number of methoxy groups -OCH3 is 1. The van der Waals surface area contributed by atoms with Gasteiger partial charge in [0.05, 0.1) is 7.11 Å². The first-order valence-electron chi connectivity index (χ1n) is 8.52. The SMILES string of the molecule is COc1cc(C(=O)/C=C/c2ccc(OCc3ccccc3)cc2)ccc1O. The molecule has 0 unspecified atom stereocenters. The highest BCUT2D eigenvalue weighted by Gasteiger charge is 2.07. The Balaban J connectivity index is 1.61. The third-order valence-corrected chi connectivity index (χ3v) is 4.02. The van der Waals surface area contributed by atoms with Gasteiger partial charge in [0.2, 0.25) is 0 Å². The van der Waals surface area contributed by atoms with E-state index in [4.69, 9.17) is 9.47 Å². The Morgan fingerprint density at radius 1 is 1.00 bits per heavy atom. The van der Waals surface area contributed by atoms with Gasteiger partial charge in [0, 0.05) is 5.56 Å². The third-order valence-electron chi connectivity index (χ3n) is 4.02. The Kier molecular flexibility index (Phi) is 5.90. The molecule has 0 saturated carbocycles. The van der Waals surface area contributed by atoms with Crippen molar-refractivity contribution in [2.45, 2.75) is 6.61 Å². The number of rotatable bonds is 7. The molecule has 0 bridgehead atoms. The number of phenolic OH excluding ortho intramolecular Hbond substituents is 1. The molecular formula is C23H20O4. The molecule has 0 aliphatic carbocycles. The molecule has 3 aromatic rings. The highest BCUT2D eigenvalue weighted by molar-refractivity contribution is 6.07. The number of carbonyl (C=O) groups is 1. The van der Waals surface area contributed by atoms with Crippen LogP contribution in [0, 0.1) is 0 Å². The number of phenols is 1. The largest absolute Gasteiger partial charge is 0.504 e. The van der Waals surface area contributed by atoms with Gasteiger partial charge in [-0.15, -0.1) is 0 Å². The zero-order valence-corrected chi connectivity index (χ0v) is 15.0. The summed E-state index contributed by atoms with van der Waals surface area (Å²) in [5, 5.41) is 9.60. The maximum absolute atomic E-state index is 12.3. The number of aromatic hydroxyl groups is 1. The van der Waals surface area contributed by atoms with E-state index >= 15 is 0 Å². The summed E-state index contributed by atoms with van der Waals surface area (Å²) in [7, 11) is 1.45. The number of benzene rings is 3. The van der Waals surface area contributed by atoms with Gasteiger partial charge in [0.25, 0.3) is 0 Å². The van der Waals surface area contributed by atoms with E-state index in [2.05, 4.69) is 0 Å². The third kappa shape index (κ3) is 4.98. The van der Waals surface area contributed by atoms with Crippen LogP contribution in [0.5, 0.6) is 17.2 Å². The van der Waals surface area contributed by atoms with Gasteiger partial charge in [-0.05, 0) is 47.5 Å². The lowest BCUT2D eigenvalue weighted by atomic mass is 10.1. The van der Waals surface area contributed by atoms with E-state index in [0.717, 1.165) is 16.9 Å². The molecule has 4 nitrogen and oxygen atoms in total. The first-order valence-corrected chi connectivity index (χ1v) is 8.52. The molecule has 4 heteroatoms. The number of carbonyl (C=O) groups excluding carboxylic acids is 1. The number of hydrogen-bond donors (Lipinski definition) is 1. The van der Waals surface area contributed by atoms with Crippen LogP contribution in [0.15, 0.2) is 78.9 Å². The average molecular weight is 360 g/mol. The van der Waals surface area contributed by atoms with Gasteiger partial charge < -0.3 is 14.6 Å². The van der Waals surface area contributed by atoms with E-state index < -0.39 is 0 Å². The van der Waals surface area contributed by atoms with Crippen molar-refractivity contribution in [3.63, 3.8) is 0 Å². The highest BCUT2D eigenvalue weighted by atomic mass is 16.5. The van der Waals surface area contributed by atoms with Crippen LogP contribution in [0.3, 0.4) is 0 Å². The van der Waals surface area contributed by atoms with Crippen molar-refractivity contribution in [3.8, 4) is 17.2 Å². The second-order valence-corrected chi connectivity index (χ2v) is 5.93. The van der Waals surface area contributed by atoms with Gasteiger partial charge in [-0.3, -0.25) is 4.79 Å². The van der Waals surface area contributed by atoms with Gasteiger partial charge in [-0.25, -0.2) is 0 Å². The maximum Gasteiger partial charge on any atom is 0.185 e. The van der Waals surface area contributed by atoms with Crippen LogP contribution in [0.1, 0.15) is 21.5 Å². The Morgan fingerprint density at radius 3 is 2.44 bits per heavy atom. The van der Waals surface area contributed by atoms with E-state index in [0.29, 0.717) is 12.2 Å². The summed E-state index contributed by atoms with van der Waals surface area (Å²) in [5.74, 6) is 0.876. The summed E-state index contributed by atoms with van der Waals surface area (Å²) >= 11 is 0. The van der Waals surface area contributed by atoms with Gasteiger partial charge in [-0.1, -0.05) is 48.5 Å². The van der Waals surface area contributed by atoms with Gasteiger partial charge in [-0.2, -0.15) is 0 Å². The second kappa shape index (κ2) is 8.72. The molecule has 0 amide bonds. The molecule has 0 fully saturated rings. The normalized spacial score (nSPS) is 10.7. The molecule has 3 rings (SSSR count). The number of hydrogen-bond acceptors (Lipinski definition) is 4. The molecule has 0 aromatic heterocycles. The molecule has 0 heterocycles. The smallest absolute Gasteiger partial charge is 0.185 e. The van der Waals surface area contributed by atoms with Gasteiger partial charge in [0.1, 0.15) is 12.4 Å². The maximum atomic E-state index is 12.3. The minimum Gasteiger partial charge on any atom is -0.504 e. The van der Waals surface area contributed by atoms with Crippen molar-refractivity contribution in [1.29, 1.82) is 0 Å². The summed E-state index contributed by atoms with van der Waals surface area (Å²) in [6.45, 7) is 0.511. The van der Waals surface area contributed by atoms with E-state index in [-0.39, 0.29) is 17.3 Å². The molecule has 3 aromatic carbocycles. The topological polar surface area (TPSA) is 55.8 Å². The highest BCUT2D eigenvalue weighted by Crippen LogP contribution is 2.26. The molecule has 0 aliphatic heterocycles. The number of ketones is 1. The van der Waals surface area contributed by atoms with Crippen molar-refractivity contribution in [2.24, 2.45) is 0 Å². The van der Waals surface area contributed by atoms with Crippen LogP contribution in [0.4, 0.5) is 0 Å². The Bertz CT molecular complexity index is 928. The molecule has 0 atom stereocenters. The minimum atomic E-state index is -0.169. The van der Waals surface area contributed by atoms with Crippen LogP contribution in [-0.4, -0.2) is 18.0 Å². The second-order valence-electron chi connectivity index (χ2n) is 5.93. The monoisotopic (exact) mass is 360 g/mol. The fourth-order valence-corrected chi connectivity index (χ4v) is 2.52. The summed E-state index contributed by atoms with van der Waals surface area (Å²) in [4.78, 5) is 12.3. The van der Waals surface area contributed by atoms with Crippen molar-refractivity contribution < 1.29 is 19.4 Å². The lowest BCUT2D eigenvalue weighted by molar-refractivity contribution is 0.104. The van der Waals surface area contributed by atoms with E-state index in [1.54, 1.807) is 12.1 Å². The van der Waals surface area contributed by atoms with Gasteiger partial charge in [0.15, 0.2) is 17.3 Å². The quantitative estimate of drug-likeness (QED) is 0.482. The summed E-state index contributed by atoms with van der Waals surface area (Å²) < 4.78 is 10.8. The Morgan fingerprint density at radius 2 is 1.74 bits per heavy atom.